The summed E-state index contributed by atoms with van der Waals surface area (Å²) in [7, 11) is 0. The average molecular weight is 259 g/mol. The van der Waals surface area contributed by atoms with E-state index in [1.807, 2.05) is 6.92 Å². The Kier molecular flexibility index (Phi) is 5.42. The molecular formula is C13H16ClFO2. The fourth-order valence-electron chi connectivity index (χ4n) is 1.51. The van der Waals surface area contributed by atoms with Crippen LogP contribution in [-0.4, -0.2) is 5.97 Å². The lowest BCUT2D eigenvalue weighted by Gasteiger charge is -2.17. The summed E-state index contributed by atoms with van der Waals surface area (Å²) in [6.45, 7) is 3.72. The fourth-order valence-corrected chi connectivity index (χ4v) is 1.63. The van der Waals surface area contributed by atoms with Crippen molar-refractivity contribution in [1.82, 2.24) is 0 Å². The van der Waals surface area contributed by atoms with E-state index in [1.165, 1.54) is 12.1 Å². The maximum absolute atomic E-state index is 13.3. The summed E-state index contributed by atoms with van der Waals surface area (Å²) >= 11 is 5.61. The lowest BCUT2D eigenvalue weighted by Crippen LogP contribution is -2.10. The Bertz CT molecular complexity index is 393. The van der Waals surface area contributed by atoms with E-state index in [2.05, 4.69) is 0 Å². The molecule has 94 valence electrons. The predicted molar refractivity (Wildman–Crippen MR) is 65.4 cm³/mol. The maximum atomic E-state index is 13.3. The molecule has 0 aliphatic carbocycles. The van der Waals surface area contributed by atoms with Crippen molar-refractivity contribution in [2.24, 2.45) is 0 Å². The predicted octanol–water partition coefficient (Wildman–Crippen LogP) is 4.27. The number of rotatable bonds is 5. The van der Waals surface area contributed by atoms with Crippen molar-refractivity contribution in [2.75, 3.05) is 0 Å². The lowest BCUT2D eigenvalue weighted by molar-refractivity contribution is -0.149. The first kappa shape index (κ1) is 14.0. The van der Waals surface area contributed by atoms with Gasteiger partial charge in [-0.2, -0.15) is 0 Å². The van der Waals surface area contributed by atoms with Gasteiger partial charge in [0.1, 0.15) is 11.9 Å². The van der Waals surface area contributed by atoms with Gasteiger partial charge < -0.3 is 4.74 Å². The molecule has 0 radical (unpaired) electrons. The normalized spacial score (nSPS) is 12.2. The number of hydrogen-bond acceptors (Lipinski definition) is 2. The standard InChI is InChI=1S/C13H16ClFO2/c1-3-5-12(17-13(16)4-2)9-6-7-10(14)11(15)8-9/h6-8,12H,3-5H2,1-2H3. The number of benzene rings is 1. The van der Waals surface area contributed by atoms with E-state index in [0.717, 1.165) is 6.42 Å². The lowest BCUT2D eigenvalue weighted by atomic mass is 10.0. The van der Waals surface area contributed by atoms with Crippen LogP contribution in [0.5, 0.6) is 0 Å². The van der Waals surface area contributed by atoms with E-state index in [4.69, 9.17) is 16.3 Å². The fraction of sp³-hybridized carbons (Fsp3) is 0.462. The number of esters is 1. The van der Waals surface area contributed by atoms with Gasteiger partial charge in [0.05, 0.1) is 5.02 Å². The van der Waals surface area contributed by atoms with Crippen molar-refractivity contribution < 1.29 is 13.9 Å². The van der Waals surface area contributed by atoms with Crippen molar-refractivity contribution >= 4 is 17.6 Å². The zero-order valence-corrected chi connectivity index (χ0v) is 10.8. The van der Waals surface area contributed by atoms with Crippen LogP contribution in [0.3, 0.4) is 0 Å². The van der Waals surface area contributed by atoms with E-state index < -0.39 is 5.82 Å². The van der Waals surface area contributed by atoms with Crippen molar-refractivity contribution in [3.8, 4) is 0 Å². The number of hydrogen-bond donors (Lipinski definition) is 0. The zero-order chi connectivity index (χ0) is 12.8. The van der Waals surface area contributed by atoms with Crippen molar-refractivity contribution in [2.45, 2.75) is 39.2 Å². The molecule has 0 heterocycles. The molecule has 0 N–H and O–H groups in total. The van der Waals surface area contributed by atoms with Crippen molar-refractivity contribution in [3.05, 3.63) is 34.6 Å². The highest BCUT2D eigenvalue weighted by Crippen LogP contribution is 2.26. The molecule has 0 saturated carbocycles. The summed E-state index contributed by atoms with van der Waals surface area (Å²) in [6, 6.07) is 4.49. The molecule has 0 amide bonds. The molecule has 17 heavy (non-hydrogen) atoms. The molecule has 2 nitrogen and oxygen atoms in total. The molecular weight excluding hydrogens is 243 g/mol. The molecule has 0 saturated heterocycles. The third kappa shape index (κ3) is 4.00. The van der Waals surface area contributed by atoms with Crippen LogP contribution in [-0.2, 0) is 9.53 Å². The molecule has 0 fully saturated rings. The summed E-state index contributed by atoms with van der Waals surface area (Å²) in [6.07, 6.45) is 1.45. The quantitative estimate of drug-likeness (QED) is 0.737. The molecule has 4 heteroatoms. The molecule has 1 aromatic carbocycles. The van der Waals surface area contributed by atoms with E-state index in [-0.39, 0.29) is 17.1 Å². The van der Waals surface area contributed by atoms with Crippen LogP contribution >= 0.6 is 11.6 Å². The summed E-state index contributed by atoms with van der Waals surface area (Å²) in [4.78, 5) is 11.3. The summed E-state index contributed by atoms with van der Waals surface area (Å²) in [5.41, 5.74) is 0.649. The molecule has 0 spiro atoms. The second-order valence-corrected chi connectivity index (χ2v) is 4.20. The molecule has 0 aliphatic heterocycles. The maximum Gasteiger partial charge on any atom is 0.306 e. The number of carbonyl (C=O) groups excluding carboxylic acids is 1. The Morgan fingerprint density at radius 2 is 2.18 bits per heavy atom. The molecule has 0 aromatic heterocycles. The third-order valence-electron chi connectivity index (χ3n) is 2.43. The molecule has 1 unspecified atom stereocenters. The van der Waals surface area contributed by atoms with Gasteiger partial charge in [0.25, 0.3) is 0 Å². The topological polar surface area (TPSA) is 26.3 Å². The van der Waals surface area contributed by atoms with Gasteiger partial charge in [-0.15, -0.1) is 0 Å². The van der Waals surface area contributed by atoms with Crippen LogP contribution in [0.4, 0.5) is 4.39 Å². The van der Waals surface area contributed by atoms with Gasteiger partial charge in [-0.3, -0.25) is 4.79 Å². The number of ether oxygens (including phenoxy) is 1. The van der Waals surface area contributed by atoms with Crippen LogP contribution in [0.25, 0.3) is 0 Å². The Hall–Kier alpha value is -1.09. The molecule has 0 bridgehead atoms. The summed E-state index contributed by atoms with van der Waals surface area (Å²) in [5.74, 6) is -0.767. The second-order valence-electron chi connectivity index (χ2n) is 3.79. The van der Waals surface area contributed by atoms with Crippen molar-refractivity contribution in [3.63, 3.8) is 0 Å². The Balaban J connectivity index is 2.88. The van der Waals surface area contributed by atoms with Gasteiger partial charge in [0.2, 0.25) is 0 Å². The molecule has 1 atom stereocenters. The number of halogens is 2. The highest BCUT2D eigenvalue weighted by Gasteiger charge is 2.16. The third-order valence-corrected chi connectivity index (χ3v) is 2.74. The molecule has 0 aliphatic rings. The van der Waals surface area contributed by atoms with Gasteiger partial charge in [0.15, 0.2) is 0 Å². The first-order valence-electron chi connectivity index (χ1n) is 5.72. The van der Waals surface area contributed by atoms with Crippen LogP contribution in [0.15, 0.2) is 18.2 Å². The Morgan fingerprint density at radius 3 is 2.71 bits per heavy atom. The van der Waals surface area contributed by atoms with Crippen LogP contribution < -0.4 is 0 Å². The molecule has 1 rings (SSSR count). The first-order chi connectivity index (χ1) is 8.08. The average Bonchev–Trinajstić information content (AvgIpc) is 2.32. The van der Waals surface area contributed by atoms with Crippen LogP contribution in [0.1, 0.15) is 44.8 Å². The first-order valence-corrected chi connectivity index (χ1v) is 6.10. The van der Waals surface area contributed by atoms with Crippen LogP contribution in [0, 0.1) is 5.82 Å². The second kappa shape index (κ2) is 6.60. The summed E-state index contributed by atoms with van der Waals surface area (Å²) < 4.78 is 18.6. The van der Waals surface area contributed by atoms with Gasteiger partial charge in [-0.05, 0) is 24.1 Å². The SMILES string of the molecule is CCCC(OC(=O)CC)c1ccc(Cl)c(F)c1. The smallest absolute Gasteiger partial charge is 0.306 e. The van der Waals surface area contributed by atoms with E-state index in [9.17, 15) is 9.18 Å². The van der Waals surface area contributed by atoms with E-state index in [1.54, 1.807) is 13.0 Å². The minimum atomic E-state index is -0.488. The van der Waals surface area contributed by atoms with Crippen LogP contribution in [0.2, 0.25) is 5.02 Å². The summed E-state index contributed by atoms with van der Waals surface area (Å²) in [5, 5.41) is 0.0748. The highest BCUT2D eigenvalue weighted by atomic mass is 35.5. The minimum Gasteiger partial charge on any atom is -0.457 e. The minimum absolute atomic E-state index is 0.0748. The molecule has 1 aromatic rings. The van der Waals surface area contributed by atoms with Crippen molar-refractivity contribution in [1.29, 1.82) is 0 Å². The number of carbonyl (C=O) groups is 1. The van der Waals surface area contributed by atoms with E-state index >= 15 is 0 Å². The Labute approximate surface area is 106 Å². The van der Waals surface area contributed by atoms with Gasteiger partial charge in [-0.1, -0.05) is 37.9 Å². The van der Waals surface area contributed by atoms with Gasteiger partial charge in [-0.25, -0.2) is 4.39 Å². The van der Waals surface area contributed by atoms with E-state index in [0.29, 0.717) is 18.4 Å². The zero-order valence-electron chi connectivity index (χ0n) is 10.0. The van der Waals surface area contributed by atoms with Gasteiger partial charge in [0, 0.05) is 6.42 Å². The monoisotopic (exact) mass is 258 g/mol. The highest BCUT2D eigenvalue weighted by molar-refractivity contribution is 6.30. The Morgan fingerprint density at radius 1 is 1.47 bits per heavy atom. The van der Waals surface area contributed by atoms with Gasteiger partial charge >= 0.3 is 5.97 Å². The largest absolute Gasteiger partial charge is 0.457 e.